The summed E-state index contributed by atoms with van der Waals surface area (Å²) in [6, 6.07) is 16.8. The Morgan fingerprint density at radius 1 is 0.846 bits per heavy atom. The molecule has 0 atom stereocenters. The first-order valence-corrected chi connectivity index (χ1v) is 4.72. The molecule has 0 heteroatoms. The van der Waals surface area contributed by atoms with Gasteiger partial charge in [-0.1, -0.05) is 61.0 Å². The van der Waals surface area contributed by atoms with Crippen LogP contribution in [0.5, 0.6) is 0 Å². The lowest BCUT2D eigenvalue weighted by Gasteiger charge is -1.90. The summed E-state index contributed by atoms with van der Waals surface area (Å²) in [6.07, 6.45) is 1.08. The molecule has 0 aliphatic rings. The molecule has 68 valence electrons. The van der Waals surface area contributed by atoms with Gasteiger partial charge in [0.15, 0.2) is 0 Å². The third-order valence-electron chi connectivity index (χ3n) is 1.97. The van der Waals surface area contributed by atoms with E-state index in [1.165, 1.54) is 11.1 Å². The fourth-order valence-electron chi connectivity index (χ4n) is 1.10. The van der Waals surface area contributed by atoms with E-state index in [9.17, 15) is 0 Å². The lowest BCUT2D eigenvalue weighted by molar-refractivity contribution is 1.14. The molecule has 0 amide bonds. The molecular formula is C13H16. The van der Waals surface area contributed by atoms with Gasteiger partial charge in [-0.15, -0.1) is 0 Å². The van der Waals surface area contributed by atoms with Crippen LogP contribution in [0.25, 0.3) is 0 Å². The second kappa shape index (κ2) is 5.36. The maximum atomic E-state index is 2.18. The van der Waals surface area contributed by atoms with Gasteiger partial charge in [-0.05, 0) is 18.9 Å². The summed E-state index contributed by atoms with van der Waals surface area (Å²) in [7, 11) is 0. The fraction of sp³-hybridized carbons (Fsp3) is 0.231. The first-order valence-electron chi connectivity index (χ1n) is 4.72. The normalized spacial score (nSPS) is 9.08. The lowest BCUT2D eigenvalue weighted by atomic mass is 10.2. The zero-order chi connectivity index (χ0) is 9.52. The Labute approximate surface area is 80.6 Å². The van der Waals surface area contributed by atoms with E-state index in [0.717, 1.165) is 6.42 Å². The maximum absolute atomic E-state index is 2.18. The highest BCUT2D eigenvalue weighted by Crippen LogP contribution is 1.98. The number of hydrogen-bond donors (Lipinski definition) is 0. The van der Waals surface area contributed by atoms with Crippen LogP contribution in [0, 0.1) is 6.92 Å². The van der Waals surface area contributed by atoms with Crippen molar-refractivity contribution in [2.75, 3.05) is 0 Å². The average Bonchev–Trinajstić information content (AvgIpc) is 2.16. The van der Waals surface area contributed by atoms with Crippen molar-refractivity contribution in [2.45, 2.75) is 20.3 Å². The summed E-state index contributed by atoms with van der Waals surface area (Å²) in [5.74, 6) is 0. The highest BCUT2D eigenvalue weighted by molar-refractivity contribution is 5.16. The van der Waals surface area contributed by atoms with Crippen molar-refractivity contribution in [3.05, 3.63) is 59.7 Å². The minimum atomic E-state index is 1.08. The standard InChI is InChI=1S/C13H16/c1-3-13-9-7-5-4-6-8-12(2)10-11-13/h4-11H,3H2,1-2H3. The van der Waals surface area contributed by atoms with E-state index in [2.05, 4.69) is 56.3 Å². The lowest BCUT2D eigenvalue weighted by Crippen LogP contribution is -1.73. The molecule has 0 unspecified atom stereocenters. The third-order valence-corrected chi connectivity index (χ3v) is 1.97. The Balaban J connectivity index is 3.19. The van der Waals surface area contributed by atoms with Gasteiger partial charge in [0.2, 0.25) is 0 Å². The Morgan fingerprint density at radius 2 is 1.54 bits per heavy atom. The Morgan fingerprint density at radius 3 is 2.23 bits per heavy atom. The Hall–Kier alpha value is -1.30. The van der Waals surface area contributed by atoms with E-state index < -0.39 is 0 Å². The Bertz CT molecular complexity index is 312. The Kier molecular flexibility index (Phi) is 4.04. The molecular weight excluding hydrogens is 156 g/mol. The van der Waals surface area contributed by atoms with Crippen LogP contribution < -0.4 is 0 Å². The van der Waals surface area contributed by atoms with Crippen LogP contribution in [0.1, 0.15) is 18.1 Å². The van der Waals surface area contributed by atoms with Crippen LogP contribution in [0.15, 0.2) is 48.5 Å². The summed E-state index contributed by atoms with van der Waals surface area (Å²) in [5, 5.41) is 0. The van der Waals surface area contributed by atoms with Gasteiger partial charge in [0, 0.05) is 0 Å². The van der Waals surface area contributed by atoms with E-state index >= 15 is 0 Å². The van der Waals surface area contributed by atoms with E-state index in [0.29, 0.717) is 0 Å². The first-order chi connectivity index (χ1) is 6.33. The largest absolute Gasteiger partial charge is 0.0623 e. The van der Waals surface area contributed by atoms with Crippen molar-refractivity contribution in [2.24, 2.45) is 0 Å². The molecule has 0 aromatic heterocycles. The molecule has 0 heterocycles. The van der Waals surface area contributed by atoms with Gasteiger partial charge < -0.3 is 0 Å². The predicted molar refractivity (Wildman–Crippen MR) is 58.2 cm³/mol. The number of aryl methyl sites for hydroxylation is 2. The molecule has 1 rings (SSSR count). The van der Waals surface area contributed by atoms with E-state index in [-0.39, 0.29) is 0 Å². The molecule has 0 N–H and O–H groups in total. The summed E-state index contributed by atoms with van der Waals surface area (Å²) in [5.41, 5.74) is 2.64. The molecule has 0 nitrogen and oxygen atoms in total. The van der Waals surface area contributed by atoms with Gasteiger partial charge in [0.05, 0.1) is 0 Å². The molecule has 0 spiro atoms. The van der Waals surface area contributed by atoms with Gasteiger partial charge in [-0.2, -0.15) is 0 Å². The molecule has 0 bridgehead atoms. The van der Waals surface area contributed by atoms with Crippen LogP contribution in [0.3, 0.4) is 0 Å². The van der Waals surface area contributed by atoms with Crippen molar-refractivity contribution in [3.63, 3.8) is 0 Å². The van der Waals surface area contributed by atoms with Gasteiger partial charge in [0.25, 0.3) is 0 Å². The molecule has 0 aliphatic heterocycles. The smallest absolute Gasteiger partial charge is 0.0307 e. The minimum Gasteiger partial charge on any atom is -0.0623 e. The molecule has 0 fully saturated rings. The zero-order valence-electron chi connectivity index (χ0n) is 8.33. The SMILES string of the molecule is CCc1ccccccc(C)cc1. The third kappa shape index (κ3) is 3.75. The van der Waals surface area contributed by atoms with Gasteiger partial charge in [-0.25, -0.2) is 0 Å². The highest BCUT2D eigenvalue weighted by atomic mass is 13.9. The zero-order valence-corrected chi connectivity index (χ0v) is 8.33. The van der Waals surface area contributed by atoms with Gasteiger partial charge in [0.1, 0.15) is 0 Å². The maximum Gasteiger partial charge on any atom is -0.0307 e. The average molecular weight is 172 g/mol. The van der Waals surface area contributed by atoms with Crippen molar-refractivity contribution in [3.8, 4) is 0 Å². The minimum absolute atomic E-state index is 1.08. The second-order valence-electron chi connectivity index (χ2n) is 3.11. The summed E-state index contributed by atoms with van der Waals surface area (Å²) in [6.45, 7) is 4.28. The molecule has 0 saturated carbocycles. The van der Waals surface area contributed by atoms with E-state index in [4.69, 9.17) is 0 Å². The topological polar surface area (TPSA) is 0 Å². The first kappa shape index (κ1) is 9.79. The number of hydrogen-bond acceptors (Lipinski definition) is 0. The van der Waals surface area contributed by atoms with E-state index in [1.54, 1.807) is 0 Å². The van der Waals surface area contributed by atoms with Gasteiger partial charge in [-0.3, -0.25) is 0 Å². The summed E-state index contributed by atoms with van der Waals surface area (Å²) >= 11 is 0. The molecule has 13 heavy (non-hydrogen) atoms. The second-order valence-corrected chi connectivity index (χ2v) is 3.11. The van der Waals surface area contributed by atoms with Crippen molar-refractivity contribution >= 4 is 0 Å². The van der Waals surface area contributed by atoms with Crippen LogP contribution in [-0.2, 0) is 6.42 Å². The van der Waals surface area contributed by atoms with Gasteiger partial charge >= 0.3 is 0 Å². The van der Waals surface area contributed by atoms with Crippen molar-refractivity contribution < 1.29 is 0 Å². The summed E-state index contributed by atoms with van der Waals surface area (Å²) in [4.78, 5) is 0. The van der Waals surface area contributed by atoms with Crippen LogP contribution in [-0.4, -0.2) is 0 Å². The molecule has 1 aromatic carbocycles. The molecule has 0 saturated heterocycles. The van der Waals surface area contributed by atoms with E-state index in [1.807, 2.05) is 6.07 Å². The van der Waals surface area contributed by atoms with Crippen LogP contribution in [0.2, 0.25) is 0 Å². The predicted octanol–water partition coefficient (Wildman–Crippen LogP) is 3.68. The summed E-state index contributed by atoms with van der Waals surface area (Å²) < 4.78 is 0. The highest BCUT2D eigenvalue weighted by Gasteiger charge is 1.80. The van der Waals surface area contributed by atoms with Crippen molar-refractivity contribution in [1.29, 1.82) is 0 Å². The number of rotatable bonds is 1. The molecule has 0 aliphatic carbocycles. The monoisotopic (exact) mass is 172 g/mol. The van der Waals surface area contributed by atoms with Crippen LogP contribution in [0.4, 0.5) is 0 Å². The molecule has 0 radical (unpaired) electrons. The quantitative estimate of drug-likeness (QED) is 0.606. The van der Waals surface area contributed by atoms with Crippen molar-refractivity contribution in [1.82, 2.24) is 0 Å². The molecule has 1 aromatic rings. The fourth-order valence-corrected chi connectivity index (χ4v) is 1.10. The van der Waals surface area contributed by atoms with Crippen LogP contribution >= 0.6 is 0 Å².